The fraction of sp³-hybridized carbons (Fsp3) is 0.429. The number of rotatable bonds is 2. The van der Waals surface area contributed by atoms with Gasteiger partial charge in [-0.05, 0) is 26.3 Å². The molecular weight excluding hydrogens is 246 g/mol. The Balaban J connectivity index is 0.000000362. The van der Waals surface area contributed by atoms with Crippen molar-refractivity contribution in [3.8, 4) is 0 Å². The first-order chi connectivity index (χ1) is 8.70. The number of carbonyl (C=O) groups excluding carboxylic acids is 2. The van der Waals surface area contributed by atoms with Gasteiger partial charge < -0.3 is 15.2 Å². The van der Waals surface area contributed by atoms with Crippen LogP contribution in [-0.4, -0.2) is 17.7 Å². The van der Waals surface area contributed by atoms with E-state index in [0.717, 1.165) is 5.56 Å². The van der Waals surface area contributed by atoms with Crippen LogP contribution in [0.15, 0.2) is 30.3 Å². The molecule has 5 nitrogen and oxygen atoms in total. The van der Waals surface area contributed by atoms with Gasteiger partial charge in [0.25, 0.3) is 0 Å². The van der Waals surface area contributed by atoms with Crippen LogP contribution in [0, 0.1) is 0 Å². The molecule has 1 amide bonds. The maximum Gasteiger partial charge on any atom is 0.405 e. The molecule has 0 aliphatic rings. The highest BCUT2D eigenvalue weighted by Crippen LogP contribution is 2.04. The third kappa shape index (κ3) is 12.2. The lowest BCUT2D eigenvalue weighted by Gasteiger charge is -2.16. The summed E-state index contributed by atoms with van der Waals surface area (Å²) in [6.45, 7) is 7.06. The van der Waals surface area contributed by atoms with Gasteiger partial charge in [-0.25, -0.2) is 4.79 Å². The summed E-state index contributed by atoms with van der Waals surface area (Å²) in [5.74, 6) is -0.242. The van der Waals surface area contributed by atoms with Crippen LogP contribution in [0.1, 0.15) is 33.3 Å². The fourth-order valence-electron chi connectivity index (χ4n) is 1.06. The first-order valence-corrected chi connectivity index (χ1v) is 5.86. The highest BCUT2D eigenvalue weighted by atomic mass is 16.6. The van der Waals surface area contributed by atoms with Crippen LogP contribution in [-0.2, 0) is 20.9 Å². The second-order valence-corrected chi connectivity index (χ2v) is 4.80. The lowest BCUT2D eigenvalue weighted by molar-refractivity contribution is -0.142. The van der Waals surface area contributed by atoms with Crippen LogP contribution in [0.5, 0.6) is 0 Å². The molecule has 1 rings (SSSR count). The molecular formula is C14H21NO4. The van der Waals surface area contributed by atoms with E-state index < -0.39 is 11.7 Å². The number of carbonyl (C=O) groups is 2. The number of benzene rings is 1. The monoisotopic (exact) mass is 267 g/mol. The molecule has 0 unspecified atom stereocenters. The van der Waals surface area contributed by atoms with Gasteiger partial charge in [0.2, 0.25) is 0 Å². The predicted molar refractivity (Wildman–Crippen MR) is 72.3 cm³/mol. The maximum absolute atomic E-state index is 10.4. The van der Waals surface area contributed by atoms with Crippen molar-refractivity contribution in [3.63, 3.8) is 0 Å². The normalized spacial score (nSPS) is 9.89. The summed E-state index contributed by atoms with van der Waals surface area (Å²) in [5, 5.41) is 0. The van der Waals surface area contributed by atoms with Crippen molar-refractivity contribution in [1.82, 2.24) is 0 Å². The molecule has 2 N–H and O–H groups in total. The minimum absolute atomic E-state index is 0.242. The SMILES string of the molecule is CC(=O)OCc1ccccc1.CC(C)(C)OC(N)=O. The van der Waals surface area contributed by atoms with Gasteiger partial charge in [0, 0.05) is 6.92 Å². The van der Waals surface area contributed by atoms with Crippen molar-refractivity contribution in [3.05, 3.63) is 35.9 Å². The smallest absolute Gasteiger partial charge is 0.405 e. The molecule has 0 heterocycles. The molecule has 0 aromatic heterocycles. The maximum atomic E-state index is 10.4. The van der Waals surface area contributed by atoms with Gasteiger partial charge in [0.15, 0.2) is 0 Å². The summed E-state index contributed by atoms with van der Waals surface area (Å²) in [6, 6.07) is 9.60. The van der Waals surface area contributed by atoms with Gasteiger partial charge in [0.1, 0.15) is 12.2 Å². The Morgan fingerprint density at radius 2 is 1.68 bits per heavy atom. The Labute approximate surface area is 113 Å². The second kappa shape index (κ2) is 8.13. The van der Waals surface area contributed by atoms with E-state index >= 15 is 0 Å². The second-order valence-electron chi connectivity index (χ2n) is 4.80. The molecule has 0 aliphatic carbocycles. The zero-order chi connectivity index (χ0) is 14.9. The largest absolute Gasteiger partial charge is 0.461 e. The Morgan fingerprint density at radius 1 is 1.16 bits per heavy atom. The van der Waals surface area contributed by atoms with Gasteiger partial charge in [-0.15, -0.1) is 0 Å². The van der Waals surface area contributed by atoms with Gasteiger partial charge in [-0.3, -0.25) is 4.79 Å². The molecule has 0 fully saturated rings. The molecule has 19 heavy (non-hydrogen) atoms. The van der Waals surface area contributed by atoms with Gasteiger partial charge in [-0.2, -0.15) is 0 Å². The highest BCUT2D eigenvalue weighted by molar-refractivity contribution is 5.66. The Kier molecular flexibility index (Phi) is 7.26. The number of hydrogen-bond donors (Lipinski definition) is 1. The van der Waals surface area contributed by atoms with Crippen LogP contribution >= 0.6 is 0 Å². The zero-order valence-corrected chi connectivity index (χ0v) is 11.8. The number of hydrogen-bond acceptors (Lipinski definition) is 4. The van der Waals surface area contributed by atoms with E-state index in [1.165, 1.54) is 6.92 Å². The molecule has 0 saturated carbocycles. The van der Waals surface area contributed by atoms with Gasteiger partial charge in [-0.1, -0.05) is 30.3 Å². The molecule has 0 saturated heterocycles. The quantitative estimate of drug-likeness (QED) is 0.835. The van der Waals surface area contributed by atoms with Crippen molar-refractivity contribution in [2.75, 3.05) is 0 Å². The lowest BCUT2D eigenvalue weighted by Crippen LogP contribution is -2.27. The molecule has 0 bridgehead atoms. The fourth-order valence-corrected chi connectivity index (χ4v) is 1.06. The molecule has 5 heteroatoms. The molecule has 1 aromatic rings. The molecule has 0 spiro atoms. The van der Waals surface area contributed by atoms with Crippen molar-refractivity contribution >= 4 is 12.1 Å². The topological polar surface area (TPSA) is 78.6 Å². The summed E-state index contributed by atoms with van der Waals surface area (Å²) in [7, 11) is 0. The minimum Gasteiger partial charge on any atom is -0.461 e. The number of nitrogens with two attached hydrogens (primary N) is 1. The first-order valence-electron chi connectivity index (χ1n) is 5.86. The van der Waals surface area contributed by atoms with Crippen molar-refractivity contribution in [1.29, 1.82) is 0 Å². The highest BCUT2D eigenvalue weighted by Gasteiger charge is 2.12. The first kappa shape index (κ1) is 17.0. The molecule has 106 valence electrons. The van der Waals surface area contributed by atoms with E-state index in [1.807, 2.05) is 30.3 Å². The summed E-state index contributed by atoms with van der Waals surface area (Å²) in [4.78, 5) is 20.4. The average Bonchev–Trinajstić information content (AvgIpc) is 2.25. The minimum atomic E-state index is -0.725. The van der Waals surface area contributed by atoms with Crippen LogP contribution in [0.3, 0.4) is 0 Å². The van der Waals surface area contributed by atoms with Crippen LogP contribution < -0.4 is 5.73 Å². The van der Waals surface area contributed by atoms with Gasteiger partial charge >= 0.3 is 12.1 Å². The summed E-state index contributed by atoms with van der Waals surface area (Å²) in [6.07, 6.45) is -0.725. The van der Waals surface area contributed by atoms with Crippen LogP contribution in [0.4, 0.5) is 4.79 Å². The van der Waals surface area contributed by atoms with E-state index in [0.29, 0.717) is 6.61 Å². The third-order valence-corrected chi connectivity index (χ3v) is 1.69. The molecule has 0 radical (unpaired) electrons. The van der Waals surface area contributed by atoms with E-state index in [9.17, 15) is 9.59 Å². The van der Waals surface area contributed by atoms with E-state index in [1.54, 1.807) is 20.8 Å². The zero-order valence-electron chi connectivity index (χ0n) is 11.8. The standard InChI is InChI=1S/C9H10O2.C5H11NO2/c1-8(10)11-7-9-5-3-2-4-6-9;1-5(2,3)8-4(6)7/h2-6H,7H2,1H3;1-3H3,(H2,6,7). The Morgan fingerprint density at radius 3 is 2.00 bits per heavy atom. The average molecular weight is 267 g/mol. The van der Waals surface area contributed by atoms with Crippen molar-refractivity contribution in [2.45, 2.75) is 39.9 Å². The van der Waals surface area contributed by atoms with E-state index in [-0.39, 0.29) is 5.97 Å². The summed E-state index contributed by atoms with van der Waals surface area (Å²) < 4.78 is 9.37. The van der Waals surface area contributed by atoms with E-state index in [4.69, 9.17) is 10.5 Å². The van der Waals surface area contributed by atoms with Crippen LogP contribution in [0.25, 0.3) is 0 Å². The van der Waals surface area contributed by atoms with Crippen LogP contribution in [0.2, 0.25) is 0 Å². The third-order valence-electron chi connectivity index (χ3n) is 1.69. The number of ether oxygens (including phenoxy) is 2. The number of esters is 1. The molecule has 0 aliphatic heterocycles. The van der Waals surface area contributed by atoms with Crippen molar-refractivity contribution < 1.29 is 19.1 Å². The summed E-state index contributed by atoms with van der Waals surface area (Å²) in [5.41, 5.74) is 5.28. The molecule has 1 aromatic carbocycles. The van der Waals surface area contributed by atoms with E-state index in [2.05, 4.69) is 4.74 Å². The van der Waals surface area contributed by atoms with Gasteiger partial charge in [0.05, 0.1) is 0 Å². The molecule has 0 atom stereocenters. The lowest BCUT2D eigenvalue weighted by atomic mass is 10.2. The number of primary amides is 1. The number of amides is 1. The Bertz CT molecular complexity index is 396. The predicted octanol–water partition coefficient (Wildman–Crippen LogP) is 2.63. The Hall–Kier alpha value is -2.04. The van der Waals surface area contributed by atoms with Crippen molar-refractivity contribution in [2.24, 2.45) is 5.73 Å². The summed E-state index contributed by atoms with van der Waals surface area (Å²) >= 11 is 0.